The number of nitrogens with one attached hydrogen (secondary N) is 1. The van der Waals surface area contributed by atoms with E-state index in [0.717, 1.165) is 25.7 Å². The molecule has 0 saturated heterocycles. The summed E-state index contributed by atoms with van der Waals surface area (Å²) in [4.78, 5) is 23.1. The predicted octanol–water partition coefficient (Wildman–Crippen LogP) is 2.72. The van der Waals surface area contributed by atoms with Gasteiger partial charge < -0.3 is 10.4 Å². The van der Waals surface area contributed by atoms with Gasteiger partial charge in [0.25, 0.3) is 0 Å². The van der Waals surface area contributed by atoms with Gasteiger partial charge in [0.1, 0.15) is 0 Å². The number of hydrogen-bond acceptors (Lipinski definition) is 2. The van der Waals surface area contributed by atoms with Crippen LogP contribution in [-0.2, 0) is 9.59 Å². The Morgan fingerprint density at radius 2 is 1.84 bits per heavy atom. The summed E-state index contributed by atoms with van der Waals surface area (Å²) >= 11 is 0. The lowest BCUT2D eigenvalue weighted by atomic mass is 9.78. The third-order valence-electron chi connectivity index (χ3n) is 4.97. The van der Waals surface area contributed by atoms with Crippen molar-refractivity contribution in [3.63, 3.8) is 0 Å². The first-order chi connectivity index (χ1) is 9.01. The van der Waals surface area contributed by atoms with Crippen LogP contribution in [0.2, 0.25) is 0 Å². The van der Waals surface area contributed by atoms with E-state index < -0.39 is 5.97 Å². The van der Waals surface area contributed by atoms with Crippen molar-refractivity contribution >= 4 is 11.9 Å². The molecular weight excluding hydrogens is 242 g/mol. The fourth-order valence-corrected chi connectivity index (χ4v) is 3.57. The standard InChI is InChI=1S/C15H25NO3/c1-11(12-5-4-6-12)16-13(17)9-15(10-14(18)19)7-2-3-8-15/h11-12H,2-10H2,1H3,(H,16,17)(H,18,19). The van der Waals surface area contributed by atoms with Gasteiger partial charge >= 0.3 is 5.97 Å². The highest BCUT2D eigenvalue weighted by Gasteiger charge is 2.38. The van der Waals surface area contributed by atoms with Crippen LogP contribution < -0.4 is 5.32 Å². The first-order valence-electron chi connectivity index (χ1n) is 7.52. The Morgan fingerprint density at radius 1 is 1.21 bits per heavy atom. The van der Waals surface area contributed by atoms with Crippen LogP contribution >= 0.6 is 0 Å². The van der Waals surface area contributed by atoms with Gasteiger partial charge in [-0.1, -0.05) is 19.3 Å². The largest absolute Gasteiger partial charge is 0.481 e. The van der Waals surface area contributed by atoms with Gasteiger partial charge in [0.05, 0.1) is 6.42 Å². The lowest BCUT2D eigenvalue weighted by Crippen LogP contribution is -2.42. The summed E-state index contributed by atoms with van der Waals surface area (Å²) in [5, 5.41) is 12.1. The van der Waals surface area contributed by atoms with Crippen LogP contribution in [0.1, 0.15) is 64.7 Å². The second-order valence-electron chi connectivity index (χ2n) is 6.50. The second-order valence-corrected chi connectivity index (χ2v) is 6.50. The molecule has 0 radical (unpaired) electrons. The average molecular weight is 267 g/mol. The minimum absolute atomic E-state index is 0.0440. The van der Waals surface area contributed by atoms with Crippen molar-refractivity contribution < 1.29 is 14.7 Å². The Morgan fingerprint density at radius 3 is 2.32 bits per heavy atom. The molecule has 108 valence electrons. The van der Waals surface area contributed by atoms with E-state index in [4.69, 9.17) is 5.11 Å². The molecule has 1 amide bonds. The van der Waals surface area contributed by atoms with E-state index in [0.29, 0.717) is 12.3 Å². The van der Waals surface area contributed by atoms with Crippen LogP contribution in [0.3, 0.4) is 0 Å². The molecule has 0 aromatic heterocycles. The van der Waals surface area contributed by atoms with Crippen molar-refractivity contribution in [3.8, 4) is 0 Å². The van der Waals surface area contributed by atoms with E-state index in [1.165, 1.54) is 19.3 Å². The Kier molecular flexibility index (Phi) is 4.48. The maximum Gasteiger partial charge on any atom is 0.303 e. The molecule has 2 saturated carbocycles. The van der Waals surface area contributed by atoms with Crippen LogP contribution in [0.4, 0.5) is 0 Å². The highest BCUT2D eigenvalue weighted by Crippen LogP contribution is 2.44. The maximum atomic E-state index is 12.1. The minimum atomic E-state index is -0.776. The number of carboxylic acids is 1. The van der Waals surface area contributed by atoms with Gasteiger partial charge in [-0.2, -0.15) is 0 Å². The first kappa shape index (κ1) is 14.4. The smallest absolute Gasteiger partial charge is 0.303 e. The summed E-state index contributed by atoms with van der Waals surface area (Å²) in [6, 6.07) is 0.240. The topological polar surface area (TPSA) is 66.4 Å². The molecule has 1 unspecified atom stereocenters. The zero-order chi connectivity index (χ0) is 13.9. The van der Waals surface area contributed by atoms with Gasteiger partial charge in [-0.25, -0.2) is 0 Å². The van der Waals surface area contributed by atoms with Gasteiger partial charge in [0.2, 0.25) is 5.91 Å². The van der Waals surface area contributed by atoms with E-state index in [2.05, 4.69) is 12.2 Å². The van der Waals surface area contributed by atoms with Crippen molar-refractivity contribution in [3.05, 3.63) is 0 Å². The zero-order valence-corrected chi connectivity index (χ0v) is 11.8. The Balaban J connectivity index is 1.85. The van der Waals surface area contributed by atoms with E-state index in [1.54, 1.807) is 0 Å². The number of hydrogen-bond donors (Lipinski definition) is 2. The van der Waals surface area contributed by atoms with Crippen molar-refractivity contribution in [2.24, 2.45) is 11.3 Å². The zero-order valence-electron chi connectivity index (χ0n) is 11.8. The number of carboxylic acid groups (broad SMARTS) is 1. The van der Waals surface area contributed by atoms with Gasteiger partial charge in [0, 0.05) is 12.5 Å². The number of rotatable bonds is 6. The third-order valence-corrected chi connectivity index (χ3v) is 4.97. The normalized spacial score (nSPS) is 23.6. The van der Waals surface area contributed by atoms with Crippen LogP contribution in [0.25, 0.3) is 0 Å². The van der Waals surface area contributed by atoms with Gasteiger partial charge in [-0.05, 0) is 43.9 Å². The van der Waals surface area contributed by atoms with E-state index in [9.17, 15) is 9.59 Å². The molecule has 2 fully saturated rings. The summed E-state index contributed by atoms with van der Waals surface area (Å²) in [7, 11) is 0. The predicted molar refractivity (Wildman–Crippen MR) is 72.7 cm³/mol. The lowest BCUT2D eigenvalue weighted by molar-refractivity contribution is -0.140. The summed E-state index contributed by atoms with van der Waals surface area (Å²) in [6.45, 7) is 2.07. The molecular formula is C15H25NO3. The van der Waals surface area contributed by atoms with Crippen LogP contribution in [0.5, 0.6) is 0 Å². The molecule has 1 atom stereocenters. The van der Waals surface area contributed by atoms with Crippen molar-refractivity contribution in [2.45, 2.75) is 70.8 Å². The maximum absolute atomic E-state index is 12.1. The van der Waals surface area contributed by atoms with Crippen molar-refractivity contribution in [1.82, 2.24) is 5.32 Å². The summed E-state index contributed by atoms with van der Waals surface area (Å²) in [6.07, 6.45) is 8.08. The monoisotopic (exact) mass is 267 g/mol. The molecule has 4 heteroatoms. The van der Waals surface area contributed by atoms with Crippen molar-refractivity contribution in [1.29, 1.82) is 0 Å². The lowest BCUT2D eigenvalue weighted by Gasteiger charge is -2.33. The Hall–Kier alpha value is -1.06. The number of aliphatic carboxylic acids is 1. The Bertz CT molecular complexity index is 343. The highest BCUT2D eigenvalue weighted by molar-refractivity contribution is 5.78. The molecule has 2 rings (SSSR count). The highest BCUT2D eigenvalue weighted by atomic mass is 16.4. The molecule has 2 N–H and O–H groups in total. The molecule has 0 aliphatic heterocycles. The average Bonchev–Trinajstić information content (AvgIpc) is 2.61. The molecule has 0 aromatic carbocycles. The SMILES string of the molecule is CC(NC(=O)CC1(CC(=O)O)CCCC1)C1CCC1. The summed E-state index contributed by atoms with van der Waals surface area (Å²) in [5.74, 6) is -0.104. The van der Waals surface area contributed by atoms with Crippen LogP contribution in [-0.4, -0.2) is 23.0 Å². The molecule has 19 heavy (non-hydrogen) atoms. The van der Waals surface area contributed by atoms with E-state index in [-0.39, 0.29) is 23.8 Å². The van der Waals surface area contributed by atoms with E-state index in [1.807, 2.05) is 0 Å². The molecule has 2 aliphatic rings. The molecule has 0 bridgehead atoms. The summed E-state index contributed by atoms with van der Waals surface area (Å²) in [5.41, 5.74) is -0.282. The van der Waals surface area contributed by atoms with Gasteiger partial charge in [0.15, 0.2) is 0 Å². The quantitative estimate of drug-likeness (QED) is 0.777. The van der Waals surface area contributed by atoms with Crippen molar-refractivity contribution in [2.75, 3.05) is 0 Å². The Labute approximate surface area is 115 Å². The second kappa shape index (κ2) is 5.93. The molecule has 0 spiro atoms. The van der Waals surface area contributed by atoms with Gasteiger partial charge in [-0.15, -0.1) is 0 Å². The minimum Gasteiger partial charge on any atom is -0.481 e. The fraction of sp³-hybridized carbons (Fsp3) is 0.867. The number of amides is 1. The van der Waals surface area contributed by atoms with E-state index >= 15 is 0 Å². The molecule has 0 aromatic rings. The third kappa shape index (κ3) is 3.71. The number of carbonyl (C=O) groups is 2. The van der Waals surface area contributed by atoms with Crippen LogP contribution in [0.15, 0.2) is 0 Å². The molecule has 4 nitrogen and oxygen atoms in total. The fourth-order valence-electron chi connectivity index (χ4n) is 3.57. The number of carbonyl (C=O) groups excluding carboxylic acids is 1. The molecule has 2 aliphatic carbocycles. The van der Waals surface area contributed by atoms with Gasteiger partial charge in [-0.3, -0.25) is 9.59 Å². The first-order valence-corrected chi connectivity index (χ1v) is 7.52. The molecule has 0 heterocycles. The summed E-state index contributed by atoms with van der Waals surface area (Å²) < 4.78 is 0. The van der Waals surface area contributed by atoms with Crippen LogP contribution in [0, 0.1) is 11.3 Å².